The van der Waals surface area contributed by atoms with Gasteiger partial charge < -0.3 is 25.2 Å². The predicted molar refractivity (Wildman–Crippen MR) is 125 cm³/mol. The van der Waals surface area contributed by atoms with Crippen molar-refractivity contribution in [3.8, 4) is 5.75 Å². The molecule has 0 fully saturated rings. The van der Waals surface area contributed by atoms with Crippen LogP contribution in [0.5, 0.6) is 5.75 Å². The first kappa shape index (κ1) is 22.5. The van der Waals surface area contributed by atoms with Gasteiger partial charge in [0.1, 0.15) is 17.6 Å². The van der Waals surface area contributed by atoms with Gasteiger partial charge in [0.25, 0.3) is 5.91 Å². The number of anilines is 1. The molecule has 2 unspecified atom stereocenters. The Morgan fingerprint density at radius 3 is 2.79 bits per heavy atom. The Hall–Kier alpha value is -3.74. The minimum Gasteiger partial charge on any atom is -0.487 e. The van der Waals surface area contributed by atoms with Crippen LogP contribution in [0.4, 0.5) is 5.69 Å². The molecule has 0 spiro atoms. The van der Waals surface area contributed by atoms with E-state index < -0.39 is 5.97 Å². The van der Waals surface area contributed by atoms with Gasteiger partial charge in [-0.3, -0.25) is 9.59 Å². The Labute approximate surface area is 193 Å². The number of nitrogens with one attached hydrogen (secondary N) is 2. The first-order valence-corrected chi connectivity index (χ1v) is 11.1. The van der Waals surface area contributed by atoms with Crippen LogP contribution in [0.3, 0.4) is 0 Å². The van der Waals surface area contributed by atoms with Crippen LogP contribution in [0.2, 0.25) is 0 Å². The maximum absolute atomic E-state index is 12.6. The molecule has 3 N–H and O–H groups in total. The van der Waals surface area contributed by atoms with Gasteiger partial charge in [-0.15, -0.1) is 0 Å². The van der Waals surface area contributed by atoms with Crippen molar-refractivity contribution in [1.29, 1.82) is 0 Å². The minimum absolute atomic E-state index is 0.0952. The number of carbonyl (C=O) groups is 2. The smallest absolute Gasteiger partial charge is 0.307 e. The normalized spacial score (nSPS) is 20.2. The summed E-state index contributed by atoms with van der Waals surface area (Å²) < 4.78 is 12.2. The van der Waals surface area contributed by atoms with Crippen molar-refractivity contribution in [3.05, 3.63) is 83.3 Å². The average molecular weight is 449 g/mol. The van der Waals surface area contributed by atoms with E-state index >= 15 is 0 Å². The van der Waals surface area contributed by atoms with Gasteiger partial charge >= 0.3 is 5.97 Å². The maximum Gasteiger partial charge on any atom is 0.307 e. The summed E-state index contributed by atoms with van der Waals surface area (Å²) in [4.78, 5) is 23.5. The van der Waals surface area contributed by atoms with Gasteiger partial charge in [0, 0.05) is 17.2 Å². The first-order valence-electron chi connectivity index (χ1n) is 11.1. The number of carboxylic acids is 1. The van der Waals surface area contributed by atoms with Crippen LogP contribution in [0, 0.1) is 5.92 Å². The number of amides is 1. The van der Waals surface area contributed by atoms with Gasteiger partial charge in [-0.25, -0.2) is 0 Å². The molecule has 2 aromatic rings. The number of hydrogen-bond acceptors (Lipinski definition) is 5. The molecule has 0 saturated carbocycles. The third-order valence-electron chi connectivity index (χ3n) is 5.79. The second-order valence-corrected chi connectivity index (χ2v) is 8.43. The van der Waals surface area contributed by atoms with Crippen LogP contribution in [0.1, 0.15) is 36.2 Å². The van der Waals surface area contributed by atoms with Crippen LogP contribution in [-0.2, 0) is 16.0 Å². The zero-order valence-electron chi connectivity index (χ0n) is 18.7. The molecule has 1 aliphatic carbocycles. The zero-order valence-corrected chi connectivity index (χ0v) is 18.7. The lowest BCUT2D eigenvalue weighted by Crippen LogP contribution is -2.44. The lowest BCUT2D eigenvalue weighted by molar-refractivity contribution is -0.136. The number of carbonyl (C=O) groups excluding carboxylic acids is 1. The van der Waals surface area contributed by atoms with E-state index in [0.717, 1.165) is 17.9 Å². The number of ether oxygens (including phenoxy) is 2. The molecule has 0 radical (unpaired) electrons. The molecule has 172 valence electrons. The molecule has 33 heavy (non-hydrogen) atoms. The molecular weight excluding hydrogens is 420 g/mol. The Kier molecular flexibility index (Phi) is 6.68. The summed E-state index contributed by atoms with van der Waals surface area (Å²) in [5.41, 5.74) is 2.81. The molecule has 2 aliphatic rings. The number of rotatable bonds is 7. The van der Waals surface area contributed by atoms with Crippen molar-refractivity contribution in [1.82, 2.24) is 5.32 Å². The number of aliphatic carboxylic acids is 1. The molecule has 2 aromatic carbocycles. The average Bonchev–Trinajstić information content (AvgIpc) is 2.79. The molecule has 0 bridgehead atoms. The summed E-state index contributed by atoms with van der Waals surface area (Å²) in [6.07, 6.45) is 4.76. The van der Waals surface area contributed by atoms with Gasteiger partial charge in [-0.1, -0.05) is 25.1 Å². The van der Waals surface area contributed by atoms with Gasteiger partial charge in [0.2, 0.25) is 0 Å². The van der Waals surface area contributed by atoms with Crippen molar-refractivity contribution in [2.24, 2.45) is 5.92 Å². The molecular formula is C26H28N2O5. The van der Waals surface area contributed by atoms with Gasteiger partial charge in [-0.2, -0.15) is 0 Å². The molecule has 1 aliphatic heterocycles. The van der Waals surface area contributed by atoms with E-state index in [1.54, 1.807) is 48.5 Å². The zero-order chi connectivity index (χ0) is 23.4. The molecule has 7 heteroatoms. The molecule has 1 amide bonds. The van der Waals surface area contributed by atoms with Crippen molar-refractivity contribution >= 4 is 17.6 Å². The highest BCUT2D eigenvalue weighted by molar-refractivity contribution is 6.04. The summed E-state index contributed by atoms with van der Waals surface area (Å²) in [6.45, 7) is 4.83. The molecule has 7 nitrogen and oxygen atoms in total. The minimum atomic E-state index is -0.917. The van der Waals surface area contributed by atoms with Crippen molar-refractivity contribution in [3.63, 3.8) is 0 Å². The second-order valence-electron chi connectivity index (χ2n) is 8.43. The fourth-order valence-electron chi connectivity index (χ4n) is 3.98. The highest BCUT2D eigenvalue weighted by Gasteiger charge is 2.29. The lowest BCUT2D eigenvalue weighted by Gasteiger charge is -2.35. The van der Waals surface area contributed by atoms with E-state index in [4.69, 9.17) is 14.6 Å². The highest BCUT2D eigenvalue weighted by Crippen LogP contribution is 2.29. The summed E-state index contributed by atoms with van der Waals surface area (Å²) in [7, 11) is 0. The van der Waals surface area contributed by atoms with Crippen molar-refractivity contribution < 1.29 is 24.2 Å². The Morgan fingerprint density at radius 1 is 1.24 bits per heavy atom. The first-order chi connectivity index (χ1) is 15.9. The van der Waals surface area contributed by atoms with Crippen LogP contribution in [-0.4, -0.2) is 35.7 Å². The number of carboxylic acid groups (broad SMARTS) is 1. The quantitative estimate of drug-likeness (QED) is 0.589. The third-order valence-corrected chi connectivity index (χ3v) is 5.79. The van der Waals surface area contributed by atoms with Crippen LogP contribution >= 0.6 is 0 Å². The fourth-order valence-corrected chi connectivity index (χ4v) is 3.98. The fraction of sp³-hybridized carbons (Fsp3) is 0.308. The van der Waals surface area contributed by atoms with E-state index in [2.05, 4.69) is 23.6 Å². The maximum atomic E-state index is 12.6. The van der Waals surface area contributed by atoms with E-state index in [9.17, 15) is 9.59 Å². The van der Waals surface area contributed by atoms with Crippen LogP contribution in [0.25, 0.3) is 0 Å². The summed E-state index contributed by atoms with van der Waals surface area (Å²) in [5.74, 6) is 0.776. The van der Waals surface area contributed by atoms with Crippen molar-refractivity contribution in [2.75, 3.05) is 11.9 Å². The van der Waals surface area contributed by atoms with Crippen LogP contribution < -0.4 is 15.4 Å². The monoisotopic (exact) mass is 448 g/mol. The highest BCUT2D eigenvalue weighted by atomic mass is 16.5. The molecule has 3 atom stereocenters. The van der Waals surface area contributed by atoms with E-state index in [1.165, 1.54) is 0 Å². The number of benzene rings is 2. The Balaban J connectivity index is 1.34. The standard InChI is InChI=1S/C26H28N2O5/c1-16-5-3-8-22-25(16)27-15-23(33-22)17(2)32-21-11-9-19(10-12-21)26(31)28-20-7-4-6-18(13-20)14-24(29)30/h3-4,6-13,16-17,23,27H,5,14-15H2,1-2H3,(H,28,31)(H,29,30)/t16?,17-,23?/m1/s1. The van der Waals surface area contributed by atoms with Gasteiger partial charge in [-0.05, 0) is 61.4 Å². The predicted octanol–water partition coefficient (Wildman–Crippen LogP) is 4.13. The molecule has 1 heterocycles. The van der Waals surface area contributed by atoms with Gasteiger partial charge in [0.15, 0.2) is 6.10 Å². The largest absolute Gasteiger partial charge is 0.487 e. The van der Waals surface area contributed by atoms with E-state index in [0.29, 0.717) is 35.0 Å². The van der Waals surface area contributed by atoms with Crippen molar-refractivity contribution in [2.45, 2.75) is 38.9 Å². The molecule has 4 rings (SSSR count). The Bertz CT molecular complexity index is 1090. The summed E-state index contributed by atoms with van der Waals surface area (Å²) >= 11 is 0. The van der Waals surface area contributed by atoms with E-state index in [1.807, 2.05) is 13.0 Å². The van der Waals surface area contributed by atoms with E-state index in [-0.39, 0.29) is 24.5 Å². The Morgan fingerprint density at radius 2 is 2.03 bits per heavy atom. The second kappa shape index (κ2) is 9.81. The number of hydrogen-bond donors (Lipinski definition) is 3. The third kappa shape index (κ3) is 5.55. The topological polar surface area (TPSA) is 96.9 Å². The lowest BCUT2D eigenvalue weighted by atomic mass is 9.96. The SMILES string of the molecule is CC1CC=CC2=C1NCC([C@@H](C)Oc1ccc(C(=O)Nc3cccc(CC(=O)O)c3)cc1)O2. The van der Waals surface area contributed by atoms with Gasteiger partial charge in [0.05, 0.1) is 18.7 Å². The summed E-state index contributed by atoms with van der Waals surface area (Å²) in [6, 6.07) is 13.7. The molecule has 0 aromatic heterocycles. The summed E-state index contributed by atoms with van der Waals surface area (Å²) in [5, 5.41) is 15.2. The molecule has 0 saturated heterocycles. The number of allylic oxidation sites excluding steroid dienone is 3. The van der Waals surface area contributed by atoms with Crippen LogP contribution in [0.15, 0.2) is 72.1 Å².